The van der Waals surface area contributed by atoms with Crippen molar-refractivity contribution in [3.63, 3.8) is 0 Å². The fourth-order valence-electron chi connectivity index (χ4n) is 3.06. The molecule has 0 saturated heterocycles. The summed E-state index contributed by atoms with van der Waals surface area (Å²) in [6.07, 6.45) is -13.8. The third-order valence-electron chi connectivity index (χ3n) is 4.88. The topological polar surface area (TPSA) is 97.1 Å². The van der Waals surface area contributed by atoms with Crippen LogP contribution in [0.3, 0.4) is 0 Å². The van der Waals surface area contributed by atoms with Gasteiger partial charge in [0.15, 0.2) is 11.5 Å². The summed E-state index contributed by atoms with van der Waals surface area (Å²) in [6, 6.07) is 6.37. The number of benzene rings is 2. The van der Waals surface area contributed by atoms with Crippen LogP contribution in [-0.2, 0) is 29.9 Å². The van der Waals surface area contributed by atoms with Gasteiger partial charge in [0.05, 0.1) is 18.2 Å². The van der Waals surface area contributed by atoms with Crippen molar-refractivity contribution in [1.82, 2.24) is 10.2 Å². The predicted molar refractivity (Wildman–Crippen MR) is 121 cm³/mol. The van der Waals surface area contributed by atoms with Gasteiger partial charge in [-0.05, 0) is 35.9 Å². The third kappa shape index (κ3) is 7.40. The molecule has 0 spiro atoms. The van der Waals surface area contributed by atoms with E-state index >= 15 is 0 Å². The minimum atomic E-state index is -5.10. The average molecular weight is 596 g/mol. The number of carbonyl (C=O) groups is 1. The first-order valence-corrected chi connectivity index (χ1v) is 11.3. The number of anilines is 1. The third-order valence-corrected chi connectivity index (χ3v) is 5.76. The summed E-state index contributed by atoms with van der Waals surface area (Å²) in [5.41, 5.74) is -4.01. The first kappa shape index (κ1) is 30.2. The van der Waals surface area contributed by atoms with Gasteiger partial charge in [-0.2, -0.15) is 44.8 Å². The summed E-state index contributed by atoms with van der Waals surface area (Å²) < 4.78 is 127. The first-order valence-electron chi connectivity index (χ1n) is 10.4. The van der Waals surface area contributed by atoms with Crippen LogP contribution in [0.15, 0.2) is 42.0 Å². The molecule has 1 heterocycles. The van der Waals surface area contributed by atoms with Gasteiger partial charge < -0.3 is 9.47 Å². The molecule has 1 amide bonds. The summed E-state index contributed by atoms with van der Waals surface area (Å²) in [5, 5.41) is 15.6. The molecule has 40 heavy (non-hydrogen) atoms. The average Bonchev–Trinajstić information content (AvgIpc) is 3.34. The fourth-order valence-corrected chi connectivity index (χ4v) is 3.67. The van der Waals surface area contributed by atoms with Crippen LogP contribution < -0.4 is 14.8 Å². The minimum absolute atomic E-state index is 0.0238. The van der Waals surface area contributed by atoms with Gasteiger partial charge in [-0.3, -0.25) is 10.1 Å². The van der Waals surface area contributed by atoms with Crippen LogP contribution in [0.25, 0.3) is 6.08 Å². The van der Waals surface area contributed by atoms with Crippen LogP contribution >= 0.6 is 11.3 Å². The molecule has 3 aromatic rings. The quantitative estimate of drug-likeness (QED) is 0.185. The van der Waals surface area contributed by atoms with Gasteiger partial charge in [-0.25, -0.2) is 0 Å². The highest BCUT2D eigenvalue weighted by atomic mass is 32.1. The Morgan fingerprint density at radius 2 is 1.68 bits per heavy atom. The van der Waals surface area contributed by atoms with E-state index in [0.717, 1.165) is 6.08 Å². The molecule has 0 saturated carbocycles. The monoisotopic (exact) mass is 596 g/mol. The second-order valence-electron chi connectivity index (χ2n) is 7.60. The Labute approximate surface area is 222 Å². The van der Waals surface area contributed by atoms with E-state index in [1.54, 1.807) is 6.07 Å². The normalized spacial score (nSPS) is 12.6. The van der Waals surface area contributed by atoms with E-state index in [4.69, 9.17) is 9.47 Å². The van der Waals surface area contributed by atoms with Crippen molar-refractivity contribution in [2.75, 3.05) is 12.4 Å². The number of hydrogen-bond acceptors (Lipinski definition) is 7. The standard InChI is InChI=1S/C23H13F9N4O3S/c1-38-17-7-11(6-13(9-33)18(37)34-20-36-35-19(40-20)23(30,31)32)2-5-16(17)39-10-12-3-4-14(21(24,25)26)8-15(12)22(27,28)29/h2-8H,10H2,1H3,(H,34,36,37)/b13-6-. The molecular formula is C23H13F9N4O3S. The maximum Gasteiger partial charge on any atom is 0.445 e. The van der Waals surface area contributed by atoms with Crippen molar-refractivity contribution >= 4 is 28.5 Å². The molecule has 1 N–H and O–H groups in total. The van der Waals surface area contributed by atoms with Gasteiger partial charge >= 0.3 is 18.5 Å². The van der Waals surface area contributed by atoms with Crippen LogP contribution in [-0.4, -0.2) is 23.2 Å². The molecule has 0 aliphatic heterocycles. The molecule has 0 bridgehead atoms. The zero-order chi connectivity index (χ0) is 29.9. The van der Waals surface area contributed by atoms with Gasteiger partial charge in [-0.1, -0.05) is 23.5 Å². The Balaban J connectivity index is 1.80. The second-order valence-corrected chi connectivity index (χ2v) is 8.58. The molecule has 0 radical (unpaired) electrons. The summed E-state index contributed by atoms with van der Waals surface area (Å²) in [6.45, 7) is -0.786. The van der Waals surface area contributed by atoms with E-state index < -0.39 is 63.4 Å². The van der Waals surface area contributed by atoms with E-state index in [1.165, 1.54) is 25.3 Å². The lowest BCUT2D eigenvalue weighted by atomic mass is 10.0. The SMILES string of the molecule is COc1cc(/C=C(/C#N)C(=O)Nc2nnc(C(F)(F)F)s2)ccc1OCc1ccc(C(F)(F)F)cc1C(F)(F)F. The Hall–Kier alpha value is -4.33. The van der Waals surface area contributed by atoms with E-state index in [-0.39, 0.29) is 34.5 Å². The summed E-state index contributed by atoms with van der Waals surface area (Å²) >= 11 is 0.0399. The van der Waals surface area contributed by atoms with E-state index in [0.29, 0.717) is 12.1 Å². The number of nitriles is 1. The van der Waals surface area contributed by atoms with Crippen LogP contribution in [0.2, 0.25) is 0 Å². The van der Waals surface area contributed by atoms with E-state index in [2.05, 4.69) is 10.2 Å². The maximum absolute atomic E-state index is 13.4. The van der Waals surface area contributed by atoms with Crippen LogP contribution in [0.5, 0.6) is 11.5 Å². The number of aromatic nitrogens is 2. The Morgan fingerprint density at radius 1 is 0.975 bits per heavy atom. The highest BCUT2D eigenvalue weighted by Gasteiger charge is 2.38. The van der Waals surface area contributed by atoms with Crippen molar-refractivity contribution in [3.8, 4) is 17.6 Å². The van der Waals surface area contributed by atoms with E-state index in [9.17, 15) is 49.6 Å². The van der Waals surface area contributed by atoms with Crippen molar-refractivity contribution < 1.29 is 53.8 Å². The lowest BCUT2D eigenvalue weighted by Crippen LogP contribution is -2.14. The number of halogens is 9. The number of ether oxygens (including phenoxy) is 2. The molecule has 3 rings (SSSR count). The smallest absolute Gasteiger partial charge is 0.445 e. The molecular weight excluding hydrogens is 583 g/mol. The number of hydrogen-bond donors (Lipinski definition) is 1. The van der Waals surface area contributed by atoms with Gasteiger partial charge in [0.2, 0.25) is 10.1 Å². The van der Waals surface area contributed by atoms with Crippen LogP contribution in [0, 0.1) is 11.3 Å². The molecule has 1 aromatic heterocycles. The summed E-state index contributed by atoms with van der Waals surface area (Å²) in [5.74, 6) is -1.30. The Kier molecular flexibility index (Phi) is 8.63. The molecule has 2 aromatic carbocycles. The van der Waals surface area contributed by atoms with Crippen LogP contribution in [0.4, 0.5) is 44.6 Å². The van der Waals surface area contributed by atoms with Gasteiger partial charge in [0, 0.05) is 5.56 Å². The van der Waals surface area contributed by atoms with Crippen molar-refractivity contribution in [1.29, 1.82) is 5.26 Å². The Morgan fingerprint density at radius 3 is 2.23 bits per heavy atom. The number of nitrogens with one attached hydrogen (secondary N) is 1. The molecule has 17 heteroatoms. The number of amides is 1. The number of nitrogens with zero attached hydrogens (tertiary/aromatic N) is 3. The lowest BCUT2D eigenvalue weighted by molar-refractivity contribution is -0.143. The molecule has 0 fully saturated rings. The molecule has 0 atom stereocenters. The number of carbonyl (C=O) groups excluding carboxylic acids is 1. The van der Waals surface area contributed by atoms with Crippen molar-refractivity contribution in [2.24, 2.45) is 0 Å². The van der Waals surface area contributed by atoms with Gasteiger partial charge in [0.25, 0.3) is 5.91 Å². The van der Waals surface area contributed by atoms with Gasteiger partial charge in [-0.15, -0.1) is 10.2 Å². The fraction of sp³-hybridized carbons (Fsp3) is 0.217. The molecule has 0 unspecified atom stereocenters. The second kappa shape index (κ2) is 11.4. The molecule has 0 aliphatic carbocycles. The molecule has 212 valence electrons. The zero-order valence-electron chi connectivity index (χ0n) is 19.6. The first-order chi connectivity index (χ1) is 18.5. The van der Waals surface area contributed by atoms with Crippen LogP contribution in [0.1, 0.15) is 27.3 Å². The molecule has 7 nitrogen and oxygen atoms in total. The van der Waals surface area contributed by atoms with Gasteiger partial charge in [0.1, 0.15) is 18.2 Å². The van der Waals surface area contributed by atoms with Crippen molar-refractivity contribution in [3.05, 3.63) is 69.2 Å². The minimum Gasteiger partial charge on any atom is -0.493 e. The summed E-state index contributed by atoms with van der Waals surface area (Å²) in [4.78, 5) is 12.3. The zero-order valence-corrected chi connectivity index (χ0v) is 20.4. The number of methoxy groups -OCH3 is 1. The maximum atomic E-state index is 13.4. The largest absolute Gasteiger partial charge is 0.493 e. The number of rotatable bonds is 7. The lowest BCUT2D eigenvalue weighted by Gasteiger charge is -2.17. The molecule has 0 aliphatic rings. The number of alkyl halides is 9. The highest BCUT2D eigenvalue weighted by Crippen LogP contribution is 2.38. The predicted octanol–water partition coefficient (Wildman–Crippen LogP) is 6.73. The van der Waals surface area contributed by atoms with E-state index in [1.807, 2.05) is 5.32 Å². The summed E-state index contributed by atoms with van der Waals surface area (Å²) in [7, 11) is 1.17. The highest BCUT2D eigenvalue weighted by molar-refractivity contribution is 7.15. The Bertz CT molecular complexity index is 1470. The van der Waals surface area contributed by atoms with Crippen molar-refractivity contribution in [2.45, 2.75) is 25.1 Å².